The third-order valence-corrected chi connectivity index (χ3v) is 6.66. The van der Waals surface area contributed by atoms with Crippen molar-refractivity contribution < 1.29 is 4.39 Å². The van der Waals surface area contributed by atoms with Gasteiger partial charge in [-0.15, -0.1) is 0 Å². The van der Waals surface area contributed by atoms with Crippen molar-refractivity contribution in [1.29, 1.82) is 5.26 Å². The van der Waals surface area contributed by atoms with E-state index in [1.54, 1.807) is 6.07 Å². The highest BCUT2D eigenvalue weighted by Crippen LogP contribution is 2.35. The van der Waals surface area contributed by atoms with Crippen LogP contribution in [0.25, 0.3) is 0 Å². The summed E-state index contributed by atoms with van der Waals surface area (Å²) in [4.78, 5) is 0. The molecule has 0 aromatic heterocycles. The Bertz CT molecular complexity index is 471. The Labute approximate surface area is 160 Å². The van der Waals surface area contributed by atoms with E-state index in [9.17, 15) is 4.39 Å². The van der Waals surface area contributed by atoms with Gasteiger partial charge in [0.25, 0.3) is 0 Å². The molecule has 0 heterocycles. The Kier molecular flexibility index (Phi) is 10.0. The second-order valence-corrected chi connectivity index (χ2v) is 8.68. The lowest BCUT2D eigenvalue weighted by atomic mass is 9.77. The van der Waals surface area contributed by atoms with Gasteiger partial charge in [0, 0.05) is 0 Å². The maximum absolute atomic E-state index is 12.8. The quantitative estimate of drug-likeness (QED) is 0.233. The lowest BCUT2D eigenvalue weighted by Gasteiger charge is -2.29. The van der Waals surface area contributed by atoms with Gasteiger partial charge in [-0.05, 0) is 94.0 Å². The Balaban J connectivity index is 1.59. The molecule has 0 atom stereocenters. The van der Waals surface area contributed by atoms with Crippen molar-refractivity contribution in [2.24, 2.45) is 23.7 Å². The molecule has 0 amide bonds. The summed E-state index contributed by atoms with van der Waals surface area (Å²) in [6.45, 7) is 2.29. The molecule has 2 aliphatic carbocycles. The SMILES string of the molecule is CCCCCC1CCC(C=CC2CCC(CCC=C(F)C#N)CC2)CC1. The summed E-state index contributed by atoms with van der Waals surface area (Å²) in [5.74, 6) is 2.69. The Morgan fingerprint density at radius 2 is 1.42 bits per heavy atom. The summed E-state index contributed by atoms with van der Waals surface area (Å²) >= 11 is 0. The zero-order chi connectivity index (χ0) is 18.6. The van der Waals surface area contributed by atoms with Gasteiger partial charge in [-0.25, -0.2) is 0 Å². The normalized spacial score (nSPS) is 30.4. The number of hydrogen-bond donors (Lipinski definition) is 0. The van der Waals surface area contributed by atoms with Crippen LogP contribution in [0.15, 0.2) is 24.1 Å². The van der Waals surface area contributed by atoms with Crippen LogP contribution in [0.2, 0.25) is 0 Å². The highest BCUT2D eigenvalue weighted by atomic mass is 19.1. The molecule has 2 fully saturated rings. The summed E-state index contributed by atoms with van der Waals surface area (Å²) in [6, 6.07) is 1.56. The molecule has 146 valence electrons. The van der Waals surface area contributed by atoms with Crippen molar-refractivity contribution in [2.75, 3.05) is 0 Å². The Morgan fingerprint density at radius 3 is 1.92 bits per heavy atom. The molecule has 0 aliphatic heterocycles. The van der Waals surface area contributed by atoms with E-state index in [1.807, 2.05) is 0 Å². The largest absolute Gasteiger partial charge is 0.196 e. The maximum Gasteiger partial charge on any atom is 0.196 e. The predicted octanol–water partition coefficient (Wildman–Crippen LogP) is 7.89. The Hall–Kier alpha value is -1.10. The first kappa shape index (κ1) is 21.2. The minimum atomic E-state index is -0.623. The number of hydrogen-bond acceptors (Lipinski definition) is 1. The molecular formula is C24H38FN. The van der Waals surface area contributed by atoms with Crippen LogP contribution in [0.3, 0.4) is 0 Å². The average Bonchev–Trinajstić information content (AvgIpc) is 2.68. The molecule has 0 bridgehead atoms. The molecule has 0 aromatic carbocycles. The highest BCUT2D eigenvalue weighted by Gasteiger charge is 2.21. The van der Waals surface area contributed by atoms with Crippen molar-refractivity contribution >= 4 is 0 Å². The van der Waals surface area contributed by atoms with Crippen molar-refractivity contribution in [1.82, 2.24) is 0 Å². The average molecular weight is 360 g/mol. The second-order valence-electron chi connectivity index (χ2n) is 8.68. The summed E-state index contributed by atoms with van der Waals surface area (Å²) in [5, 5.41) is 8.43. The van der Waals surface area contributed by atoms with E-state index in [4.69, 9.17) is 5.26 Å². The highest BCUT2D eigenvalue weighted by molar-refractivity contribution is 5.11. The predicted molar refractivity (Wildman–Crippen MR) is 108 cm³/mol. The van der Waals surface area contributed by atoms with E-state index in [0.717, 1.165) is 30.1 Å². The van der Waals surface area contributed by atoms with Crippen LogP contribution in [0.4, 0.5) is 4.39 Å². The standard InChI is InChI=1S/C24H38FN/c1-2-3-4-6-20-9-13-22(14-10-20)17-18-23-15-11-21(12-16-23)7-5-8-24(25)19-26/h8,17-18,20-23H,2-7,9-16H2,1H3. The number of halogens is 1. The van der Waals surface area contributed by atoms with E-state index in [-0.39, 0.29) is 0 Å². The smallest absolute Gasteiger partial charge is 0.195 e. The summed E-state index contributed by atoms with van der Waals surface area (Å²) in [5.41, 5.74) is 0. The van der Waals surface area contributed by atoms with Crippen LogP contribution in [0, 0.1) is 35.0 Å². The van der Waals surface area contributed by atoms with Crippen LogP contribution in [-0.4, -0.2) is 0 Å². The third-order valence-electron chi connectivity index (χ3n) is 6.66. The first-order valence-corrected chi connectivity index (χ1v) is 11.1. The van der Waals surface area contributed by atoms with Gasteiger partial charge in [0.15, 0.2) is 5.83 Å². The van der Waals surface area contributed by atoms with E-state index >= 15 is 0 Å². The lowest BCUT2D eigenvalue weighted by molar-refractivity contribution is 0.283. The minimum Gasteiger partial charge on any atom is -0.195 e. The van der Waals surface area contributed by atoms with Crippen molar-refractivity contribution in [3.63, 3.8) is 0 Å². The first-order chi connectivity index (χ1) is 12.7. The molecule has 2 aliphatic rings. The number of rotatable bonds is 9. The second kappa shape index (κ2) is 12.3. The zero-order valence-corrected chi connectivity index (χ0v) is 16.8. The van der Waals surface area contributed by atoms with Crippen LogP contribution in [-0.2, 0) is 0 Å². The lowest BCUT2D eigenvalue weighted by Crippen LogP contribution is -2.15. The van der Waals surface area contributed by atoms with E-state index < -0.39 is 5.83 Å². The molecule has 2 saturated carbocycles. The van der Waals surface area contributed by atoms with E-state index in [0.29, 0.717) is 6.42 Å². The monoisotopic (exact) mass is 359 g/mol. The molecule has 0 unspecified atom stereocenters. The van der Waals surface area contributed by atoms with Gasteiger partial charge in [0.05, 0.1) is 0 Å². The molecule has 0 N–H and O–H groups in total. The molecule has 2 rings (SSSR count). The fraction of sp³-hybridized carbons (Fsp3) is 0.792. The first-order valence-electron chi connectivity index (χ1n) is 11.1. The van der Waals surface area contributed by atoms with Crippen molar-refractivity contribution in [2.45, 2.75) is 96.8 Å². The van der Waals surface area contributed by atoms with Gasteiger partial charge >= 0.3 is 0 Å². The fourth-order valence-corrected chi connectivity index (χ4v) is 4.83. The van der Waals surface area contributed by atoms with Crippen molar-refractivity contribution in [3.05, 3.63) is 24.1 Å². The fourth-order valence-electron chi connectivity index (χ4n) is 4.83. The molecule has 0 spiro atoms. The molecule has 26 heavy (non-hydrogen) atoms. The molecular weight excluding hydrogens is 321 g/mol. The zero-order valence-electron chi connectivity index (χ0n) is 16.8. The third kappa shape index (κ3) is 8.07. The van der Waals surface area contributed by atoms with E-state index in [2.05, 4.69) is 19.1 Å². The summed E-state index contributed by atoms with van der Waals surface area (Å²) < 4.78 is 12.8. The van der Waals surface area contributed by atoms with Crippen LogP contribution >= 0.6 is 0 Å². The van der Waals surface area contributed by atoms with Gasteiger partial charge in [-0.2, -0.15) is 9.65 Å². The van der Waals surface area contributed by atoms with Crippen LogP contribution in [0.5, 0.6) is 0 Å². The maximum atomic E-state index is 12.8. The van der Waals surface area contributed by atoms with Crippen LogP contribution in [0.1, 0.15) is 96.8 Å². The molecule has 0 aromatic rings. The van der Waals surface area contributed by atoms with Gasteiger partial charge in [-0.1, -0.05) is 44.8 Å². The number of allylic oxidation sites excluding steroid dienone is 4. The van der Waals surface area contributed by atoms with Gasteiger partial charge in [0.2, 0.25) is 0 Å². The molecule has 2 heteroatoms. The van der Waals surface area contributed by atoms with Gasteiger partial charge in [0.1, 0.15) is 6.07 Å². The molecule has 0 radical (unpaired) electrons. The Morgan fingerprint density at radius 1 is 0.885 bits per heavy atom. The summed E-state index contributed by atoms with van der Waals surface area (Å²) in [6.07, 6.45) is 24.7. The minimum absolute atomic E-state index is 0.623. The number of nitriles is 1. The van der Waals surface area contributed by atoms with E-state index in [1.165, 1.54) is 83.1 Å². The topological polar surface area (TPSA) is 23.8 Å². The summed E-state index contributed by atoms with van der Waals surface area (Å²) in [7, 11) is 0. The number of unbranched alkanes of at least 4 members (excludes halogenated alkanes) is 2. The number of nitrogens with zero attached hydrogens (tertiary/aromatic N) is 1. The van der Waals surface area contributed by atoms with Gasteiger partial charge < -0.3 is 0 Å². The van der Waals surface area contributed by atoms with Crippen LogP contribution < -0.4 is 0 Å². The molecule has 0 saturated heterocycles. The molecule has 1 nitrogen and oxygen atoms in total. The van der Waals surface area contributed by atoms with Crippen molar-refractivity contribution in [3.8, 4) is 6.07 Å². The van der Waals surface area contributed by atoms with Gasteiger partial charge in [-0.3, -0.25) is 0 Å².